The van der Waals surface area contributed by atoms with Gasteiger partial charge < -0.3 is 14.4 Å². The molecule has 29 heavy (non-hydrogen) atoms. The summed E-state index contributed by atoms with van der Waals surface area (Å²) >= 11 is 3.46. The highest BCUT2D eigenvalue weighted by Crippen LogP contribution is 2.30. The molecule has 9 heteroatoms. The lowest BCUT2D eigenvalue weighted by molar-refractivity contribution is 0.122. The zero-order valence-corrected chi connectivity index (χ0v) is 17.4. The van der Waals surface area contributed by atoms with Crippen LogP contribution >= 0.6 is 15.9 Å². The summed E-state index contributed by atoms with van der Waals surface area (Å²) < 4.78 is 15.4. The monoisotopic (exact) mass is 454 g/mol. The highest BCUT2D eigenvalue weighted by molar-refractivity contribution is 9.10. The first kappa shape index (κ1) is 18.1. The molecule has 0 aliphatic carbocycles. The first-order valence-corrected chi connectivity index (χ1v) is 10.1. The van der Waals surface area contributed by atoms with E-state index in [0.717, 1.165) is 40.3 Å². The first-order valence-electron chi connectivity index (χ1n) is 9.31. The molecule has 0 unspecified atom stereocenters. The van der Waals surface area contributed by atoms with E-state index in [0.29, 0.717) is 24.9 Å². The Hall–Kier alpha value is -2.91. The third-order valence-electron chi connectivity index (χ3n) is 4.89. The molecule has 0 bridgehead atoms. The minimum Gasteiger partial charge on any atom is -0.479 e. The van der Waals surface area contributed by atoms with Crippen molar-refractivity contribution in [2.24, 2.45) is 0 Å². The lowest BCUT2D eigenvalue weighted by Gasteiger charge is -2.29. The van der Waals surface area contributed by atoms with Gasteiger partial charge in [-0.2, -0.15) is 9.61 Å². The van der Waals surface area contributed by atoms with Crippen molar-refractivity contribution in [2.45, 2.75) is 0 Å². The maximum atomic E-state index is 5.53. The number of halogens is 1. The first-order chi connectivity index (χ1) is 14.2. The molecule has 8 nitrogen and oxygen atoms in total. The van der Waals surface area contributed by atoms with Crippen LogP contribution in [-0.4, -0.2) is 57.8 Å². The van der Waals surface area contributed by atoms with Gasteiger partial charge in [-0.3, -0.25) is 0 Å². The van der Waals surface area contributed by atoms with Crippen molar-refractivity contribution in [3.63, 3.8) is 0 Å². The standard InChI is InChI=1S/C20H19BrN6O2/c1-28-20-15(14-5-3-2-4-6-14)13-26(24-20)17-12-19(25-7-9-29-10-8-25)27-18(22-17)11-16(21)23-27/h2-6,11-13H,7-10H2,1H3. The molecule has 1 saturated heterocycles. The molecule has 1 aliphatic heterocycles. The Morgan fingerprint density at radius 3 is 2.62 bits per heavy atom. The van der Waals surface area contributed by atoms with Crippen molar-refractivity contribution in [3.8, 4) is 22.8 Å². The summed E-state index contributed by atoms with van der Waals surface area (Å²) in [6.45, 7) is 2.98. The molecule has 148 valence electrons. The van der Waals surface area contributed by atoms with Gasteiger partial charge in [-0.05, 0) is 21.5 Å². The lowest BCUT2D eigenvalue weighted by atomic mass is 10.1. The molecule has 4 heterocycles. The summed E-state index contributed by atoms with van der Waals surface area (Å²) in [5.74, 6) is 2.21. The summed E-state index contributed by atoms with van der Waals surface area (Å²) in [4.78, 5) is 7.01. The number of nitrogens with zero attached hydrogens (tertiary/aromatic N) is 6. The number of ether oxygens (including phenoxy) is 2. The van der Waals surface area contributed by atoms with Gasteiger partial charge in [0, 0.05) is 31.4 Å². The second kappa shape index (κ2) is 7.49. The molecule has 0 radical (unpaired) electrons. The number of methoxy groups -OCH3 is 1. The molecule has 0 spiro atoms. The van der Waals surface area contributed by atoms with Gasteiger partial charge in [0.1, 0.15) is 10.4 Å². The van der Waals surface area contributed by atoms with E-state index in [1.54, 1.807) is 11.8 Å². The van der Waals surface area contributed by atoms with E-state index in [-0.39, 0.29) is 0 Å². The molecule has 0 saturated carbocycles. The highest BCUT2D eigenvalue weighted by atomic mass is 79.9. The minimum absolute atomic E-state index is 0.556. The van der Waals surface area contributed by atoms with Crippen molar-refractivity contribution in [1.29, 1.82) is 0 Å². The lowest BCUT2D eigenvalue weighted by Crippen LogP contribution is -2.37. The summed E-state index contributed by atoms with van der Waals surface area (Å²) in [5.41, 5.74) is 2.70. The molecule has 1 fully saturated rings. The summed E-state index contributed by atoms with van der Waals surface area (Å²) in [6.07, 6.45) is 1.95. The van der Waals surface area contributed by atoms with Gasteiger partial charge in [0.25, 0.3) is 0 Å². The zero-order chi connectivity index (χ0) is 19.8. The third-order valence-corrected chi connectivity index (χ3v) is 5.28. The topological polar surface area (TPSA) is 69.7 Å². The molecule has 5 rings (SSSR count). The molecule has 4 aromatic rings. The van der Waals surface area contributed by atoms with Gasteiger partial charge >= 0.3 is 0 Å². The third kappa shape index (κ3) is 3.36. The van der Waals surface area contributed by atoms with Gasteiger partial charge in [-0.1, -0.05) is 30.3 Å². The summed E-state index contributed by atoms with van der Waals surface area (Å²) in [5, 5.41) is 9.17. The van der Waals surface area contributed by atoms with Crippen molar-refractivity contribution in [1.82, 2.24) is 24.4 Å². The van der Waals surface area contributed by atoms with Gasteiger partial charge in [-0.15, -0.1) is 5.10 Å². The van der Waals surface area contributed by atoms with Crippen LogP contribution < -0.4 is 9.64 Å². The Balaban J connectivity index is 1.64. The van der Waals surface area contributed by atoms with Gasteiger partial charge in [0.05, 0.1) is 25.9 Å². The predicted molar refractivity (Wildman–Crippen MR) is 113 cm³/mol. The van der Waals surface area contributed by atoms with Crippen molar-refractivity contribution in [3.05, 3.63) is 53.3 Å². The van der Waals surface area contributed by atoms with E-state index >= 15 is 0 Å². The zero-order valence-electron chi connectivity index (χ0n) is 15.8. The molecule has 0 N–H and O–H groups in total. The van der Waals surface area contributed by atoms with Gasteiger partial charge in [0.15, 0.2) is 11.5 Å². The number of anilines is 1. The molecule has 0 atom stereocenters. The van der Waals surface area contributed by atoms with Crippen LogP contribution in [0.1, 0.15) is 0 Å². The smallest absolute Gasteiger partial charge is 0.240 e. The summed E-state index contributed by atoms with van der Waals surface area (Å²) in [6, 6.07) is 13.9. The van der Waals surface area contributed by atoms with E-state index in [4.69, 9.17) is 14.5 Å². The number of hydrogen-bond donors (Lipinski definition) is 0. The quantitative estimate of drug-likeness (QED) is 0.471. The fraction of sp³-hybridized carbons (Fsp3) is 0.250. The number of rotatable bonds is 4. The Morgan fingerprint density at radius 1 is 1.07 bits per heavy atom. The highest BCUT2D eigenvalue weighted by Gasteiger charge is 2.20. The molecule has 1 aliphatic rings. The van der Waals surface area contributed by atoms with Crippen molar-refractivity contribution in [2.75, 3.05) is 38.3 Å². The van der Waals surface area contributed by atoms with Crippen LogP contribution in [0.15, 0.2) is 53.3 Å². The number of hydrogen-bond acceptors (Lipinski definition) is 6. The fourth-order valence-electron chi connectivity index (χ4n) is 3.49. The summed E-state index contributed by atoms with van der Waals surface area (Å²) in [7, 11) is 1.63. The van der Waals surface area contributed by atoms with E-state index < -0.39 is 0 Å². The Kier molecular flexibility index (Phi) is 4.69. The second-order valence-electron chi connectivity index (χ2n) is 6.67. The fourth-order valence-corrected chi connectivity index (χ4v) is 3.86. The number of aromatic nitrogens is 5. The van der Waals surface area contributed by atoms with Crippen molar-refractivity contribution < 1.29 is 9.47 Å². The number of morpholine rings is 1. The van der Waals surface area contributed by atoms with Crippen LogP contribution in [0.25, 0.3) is 22.6 Å². The Bertz CT molecular complexity index is 1150. The Morgan fingerprint density at radius 2 is 1.86 bits per heavy atom. The average molecular weight is 455 g/mol. The SMILES string of the molecule is COc1nn(-c2cc(N3CCOCC3)n3nc(Br)cc3n2)cc1-c1ccccc1. The molecule has 1 aromatic carbocycles. The number of benzene rings is 1. The minimum atomic E-state index is 0.556. The molecular weight excluding hydrogens is 436 g/mol. The van der Waals surface area contributed by atoms with Crippen LogP contribution in [0.5, 0.6) is 5.88 Å². The van der Waals surface area contributed by atoms with E-state index in [9.17, 15) is 0 Å². The normalized spacial score (nSPS) is 14.5. The average Bonchev–Trinajstić information content (AvgIpc) is 3.37. The van der Waals surface area contributed by atoms with E-state index in [2.05, 4.69) is 31.0 Å². The van der Waals surface area contributed by atoms with Gasteiger partial charge in [0.2, 0.25) is 5.88 Å². The predicted octanol–water partition coefficient (Wildman–Crippen LogP) is 3.19. The second-order valence-corrected chi connectivity index (χ2v) is 7.48. The van der Waals surface area contributed by atoms with Crippen LogP contribution in [0, 0.1) is 0 Å². The maximum Gasteiger partial charge on any atom is 0.240 e. The largest absolute Gasteiger partial charge is 0.479 e. The molecular formula is C20H19BrN6O2. The van der Waals surface area contributed by atoms with E-state index in [1.807, 2.05) is 53.2 Å². The van der Waals surface area contributed by atoms with E-state index in [1.165, 1.54) is 0 Å². The maximum absolute atomic E-state index is 5.53. The van der Waals surface area contributed by atoms with Crippen LogP contribution in [0.3, 0.4) is 0 Å². The van der Waals surface area contributed by atoms with Crippen LogP contribution in [0.2, 0.25) is 0 Å². The molecule has 3 aromatic heterocycles. The number of fused-ring (bicyclic) bond motifs is 1. The van der Waals surface area contributed by atoms with Gasteiger partial charge in [-0.25, -0.2) is 9.67 Å². The van der Waals surface area contributed by atoms with Crippen LogP contribution in [0.4, 0.5) is 5.82 Å². The van der Waals surface area contributed by atoms with Crippen molar-refractivity contribution >= 4 is 27.4 Å². The van der Waals surface area contributed by atoms with Crippen LogP contribution in [-0.2, 0) is 4.74 Å². The Labute approximate surface area is 175 Å². The molecule has 0 amide bonds.